The van der Waals surface area contributed by atoms with E-state index in [2.05, 4.69) is 15.3 Å². The fourth-order valence-electron chi connectivity index (χ4n) is 2.64. The second-order valence-electron chi connectivity index (χ2n) is 5.41. The van der Waals surface area contributed by atoms with E-state index in [0.29, 0.717) is 12.8 Å². The Morgan fingerprint density at radius 1 is 1.19 bits per heavy atom. The van der Waals surface area contributed by atoms with E-state index in [9.17, 15) is 14.7 Å². The number of amides is 1. The van der Waals surface area contributed by atoms with Crippen LogP contribution < -0.4 is 5.32 Å². The van der Waals surface area contributed by atoms with Crippen LogP contribution in [0.2, 0.25) is 5.15 Å². The third kappa shape index (κ3) is 3.91. The van der Waals surface area contributed by atoms with Gasteiger partial charge in [0, 0.05) is 6.54 Å². The number of carbonyl (C=O) groups is 2. The van der Waals surface area contributed by atoms with Crippen LogP contribution in [0.4, 0.5) is 0 Å². The van der Waals surface area contributed by atoms with Crippen LogP contribution in [0.15, 0.2) is 12.4 Å². The Kier molecular flexibility index (Phi) is 5.12. The van der Waals surface area contributed by atoms with Crippen LogP contribution >= 0.6 is 11.6 Å². The van der Waals surface area contributed by atoms with Crippen molar-refractivity contribution in [2.75, 3.05) is 6.54 Å². The molecule has 0 aromatic carbocycles. The first-order valence-electron chi connectivity index (χ1n) is 7.03. The lowest BCUT2D eigenvalue weighted by molar-refractivity contribution is -0.149. The number of carboxylic acids is 1. The summed E-state index contributed by atoms with van der Waals surface area (Å²) in [6.45, 7) is 0.117. The molecule has 1 aliphatic carbocycles. The molecule has 1 aromatic rings. The van der Waals surface area contributed by atoms with Gasteiger partial charge in [0.1, 0.15) is 10.8 Å². The zero-order valence-corrected chi connectivity index (χ0v) is 12.4. The largest absolute Gasteiger partial charge is 0.481 e. The topological polar surface area (TPSA) is 92.2 Å². The highest BCUT2D eigenvalue weighted by Gasteiger charge is 2.39. The minimum absolute atomic E-state index is 0.117. The summed E-state index contributed by atoms with van der Waals surface area (Å²) in [6, 6.07) is 0. The number of aliphatic carboxylic acids is 1. The highest BCUT2D eigenvalue weighted by Crippen LogP contribution is 2.34. The van der Waals surface area contributed by atoms with Gasteiger partial charge in [0.05, 0.1) is 17.8 Å². The summed E-state index contributed by atoms with van der Waals surface area (Å²) < 4.78 is 0. The van der Waals surface area contributed by atoms with Crippen molar-refractivity contribution < 1.29 is 14.7 Å². The van der Waals surface area contributed by atoms with Gasteiger partial charge in [0.2, 0.25) is 0 Å². The second-order valence-corrected chi connectivity index (χ2v) is 5.79. The van der Waals surface area contributed by atoms with E-state index >= 15 is 0 Å². The maximum atomic E-state index is 12.0. The number of hydrogen-bond donors (Lipinski definition) is 2. The molecule has 1 aromatic heterocycles. The van der Waals surface area contributed by atoms with Crippen molar-refractivity contribution in [3.63, 3.8) is 0 Å². The van der Waals surface area contributed by atoms with Crippen molar-refractivity contribution in [2.24, 2.45) is 5.41 Å². The molecule has 114 valence electrons. The third-order valence-electron chi connectivity index (χ3n) is 3.95. The van der Waals surface area contributed by atoms with Gasteiger partial charge in [-0.15, -0.1) is 0 Å². The summed E-state index contributed by atoms with van der Waals surface area (Å²) in [4.78, 5) is 31.3. The number of nitrogens with one attached hydrogen (secondary N) is 1. The van der Waals surface area contributed by atoms with E-state index in [1.54, 1.807) is 0 Å². The minimum Gasteiger partial charge on any atom is -0.481 e. The average molecular weight is 312 g/mol. The van der Waals surface area contributed by atoms with Crippen molar-refractivity contribution in [1.29, 1.82) is 0 Å². The minimum atomic E-state index is -0.869. The molecule has 1 fully saturated rings. The molecule has 0 aliphatic heterocycles. The fourth-order valence-corrected chi connectivity index (χ4v) is 2.74. The molecule has 6 nitrogen and oxygen atoms in total. The molecule has 1 aliphatic rings. The van der Waals surface area contributed by atoms with Gasteiger partial charge in [0.15, 0.2) is 0 Å². The zero-order valence-electron chi connectivity index (χ0n) is 11.6. The maximum absolute atomic E-state index is 12.0. The normalized spacial score (nSPS) is 17.8. The number of aromatic nitrogens is 2. The Morgan fingerprint density at radius 3 is 2.38 bits per heavy atom. The maximum Gasteiger partial charge on any atom is 0.311 e. The van der Waals surface area contributed by atoms with Crippen LogP contribution in [0.1, 0.15) is 49.0 Å². The Balaban J connectivity index is 2.02. The van der Waals surface area contributed by atoms with Gasteiger partial charge in [0.25, 0.3) is 5.91 Å². The summed E-state index contributed by atoms with van der Waals surface area (Å²) in [6.07, 6.45) is 7.60. The van der Waals surface area contributed by atoms with Crippen LogP contribution in [-0.4, -0.2) is 33.5 Å². The summed E-state index contributed by atoms with van der Waals surface area (Å²) in [5.74, 6) is -1.27. The summed E-state index contributed by atoms with van der Waals surface area (Å²) >= 11 is 5.61. The summed E-state index contributed by atoms with van der Waals surface area (Å²) in [7, 11) is 0. The molecular weight excluding hydrogens is 294 g/mol. The van der Waals surface area contributed by atoms with Crippen molar-refractivity contribution >= 4 is 23.5 Å². The lowest BCUT2D eigenvalue weighted by atomic mass is 9.80. The lowest BCUT2D eigenvalue weighted by Gasteiger charge is -2.28. The molecule has 1 saturated carbocycles. The van der Waals surface area contributed by atoms with E-state index < -0.39 is 17.3 Å². The number of carbonyl (C=O) groups excluding carboxylic acids is 1. The molecule has 0 unspecified atom stereocenters. The standard InChI is InChI=1S/C14H18ClN3O3/c15-11-8-16-10(7-17-11)12(19)18-9-14(13(20)21)5-3-1-2-4-6-14/h7-8H,1-6,9H2,(H,18,19)(H,20,21). The van der Waals surface area contributed by atoms with E-state index in [4.69, 9.17) is 11.6 Å². The molecule has 2 rings (SSSR count). The summed E-state index contributed by atoms with van der Waals surface area (Å²) in [5, 5.41) is 12.4. The summed E-state index contributed by atoms with van der Waals surface area (Å²) in [5.41, 5.74) is -0.736. The molecule has 0 bridgehead atoms. The van der Waals surface area contributed by atoms with Crippen LogP contribution in [0.3, 0.4) is 0 Å². The van der Waals surface area contributed by atoms with E-state index in [1.165, 1.54) is 12.4 Å². The Morgan fingerprint density at radius 2 is 1.86 bits per heavy atom. The van der Waals surface area contributed by atoms with Gasteiger partial charge < -0.3 is 10.4 Å². The van der Waals surface area contributed by atoms with Gasteiger partial charge in [-0.25, -0.2) is 9.97 Å². The number of hydrogen-bond acceptors (Lipinski definition) is 4. The van der Waals surface area contributed by atoms with Crippen LogP contribution in [0.25, 0.3) is 0 Å². The van der Waals surface area contributed by atoms with E-state index in [1.807, 2.05) is 0 Å². The molecule has 0 saturated heterocycles. The van der Waals surface area contributed by atoms with Gasteiger partial charge in [-0.3, -0.25) is 9.59 Å². The Bertz CT molecular complexity index is 511. The fraction of sp³-hybridized carbons (Fsp3) is 0.571. The first-order valence-corrected chi connectivity index (χ1v) is 7.40. The predicted octanol–water partition coefficient (Wildman–Crippen LogP) is 2.28. The number of halogens is 1. The Hall–Kier alpha value is -1.69. The smallest absolute Gasteiger partial charge is 0.311 e. The number of rotatable bonds is 4. The molecule has 0 atom stereocenters. The van der Waals surface area contributed by atoms with Gasteiger partial charge in [-0.05, 0) is 12.8 Å². The molecule has 0 spiro atoms. The zero-order chi connectivity index (χ0) is 15.3. The quantitative estimate of drug-likeness (QED) is 0.832. The van der Waals surface area contributed by atoms with Crippen LogP contribution in [-0.2, 0) is 4.79 Å². The molecule has 1 amide bonds. The molecule has 2 N–H and O–H groups in total. The number of carboxylic acid groups (broad SMARTS) is 1. The third-order valence-corrected chi connectivity index (χ3v) is 4.15. The Labute approximate surface area is 127 Å². The molecule has 0 radical (unpaired) electrons. The van der Waals surface area contributed by atoms with E-state index in [0.717, 1.165) is 25.7 Å². The first kappa shape index (κ1) is 15.7. The molecular formula is C14H18ClN3O3. The van der Waals surface area contributed by atoms with Crippen molar-refractivity contribution in [3.05, 3.63) is 23.2 Å². The monoisotopic (exact) mass is 311 g/mol. The highest BCUT2D eigenvalue weighted by molar-refractivity contribution is 6.29. The van der Waals surface area contributed by atoms with Crippen LogP contribution in [0, 0.1) is 5.41 Å². The predicted molar refractivity (Wildman–Crippen MR) is 77.1 cm³/mol. The van der Waals surface area contributed by atoms with Gasteiger partial charge in [-0.1, -0.05) is 37.3 Å². The average Bonchev–Trinajstić information content (AvgIpc) is 2.72. The van der Waals surface area contributed by atoms with E-state index in [-0.39, 0.29) is 17.4 Å². The molecule has 1 heterocycles. The SMILES string of the molecule is O=C(NCC1(C(=O)O)CCCCCC1)c1cnc(Cl)cn1. The molecule has 7 heteroatoms. The van der Waals surface area contributed by atoms with Crippen LogP contribution in [0.5, 0.6) is 0 Å². The van der Waals surface area contributed by atoms with Gasteiger partial charge in [-0.2, -0.15) is 0 Å². The van der Waals surface area contributed by atoms with Crippen molar-refractivity contribution in [2.45, 2.75) is 38.5 Å². The van der Waals surface area contributed by atoms with Crippen molar-refractivity contribution in [3.8, 4) is 0 Å². The van der Waals surface area contributed by atoms with Gasteiger partial charge >= 0.3 is 5.97 Å². The molecule has 21 heavy (non-hydrogen) atoms. The first-order chi connectivity index (χ1) is 10.0. The number of nitrogens with zero attached hydrogens (tertiary/aromatic N) is 2. The second kappa shape index (κ2) is 6.85. The van der Waals surface area contributed by atoms with Crippen molar-refractivity contribution in [1.82, 2.24) is 15.3 Å². The lowest BCUT2D eigenvalue weighted by Crippen LogP contribution is -2.43. The highest BCUT2D eigenvalue weighted by atomic mass is 35.5.